The van der Waals surface area contributed by atoms with Crippen molar-refractivity contribution in [3.05, 3.63) is 69.5 Å². The van der Waals surface area contributed by atoms with Crippen LogP contribution in [0.4, 0.5) is 0 Å². The van der Waals surface area contributed by atoms with E-state index in [1.165, 1.54) is 12.3 Å². The van der Waals surface area contributed by atoms with E-state index in [9.17, 15) is 9.59 Å². The second-order valence-corrected chi connectivity index (χ2v) is 4.04. The summed E-state index contributed by atoms with van der Waals surface area (Å²) in [6, 6.07) is 10.1. The van der Waals surface area contributed by atoms with Crippen molar-refractivity contribution in [2.45, 2.75) is 6.54 Å². The molecule has 0 saturated heterocycles. The van der Waals surface area contributed by atoms with Crippen LogP contribution in [-0.4, -0.2) is 16.2 Å². The van der Waals surface area contributed by atoms with E-state index in [4.69, 9.17) is 10.00 Å². The van der Waals surface area contributed by atoms with Crippen LogP contribution in [0.25, 0.3) is 0 Å². The Balaban J connectivity index is 0.00000220. The molecule has 2 aromatic rings. The number of aromatic nitrogens is 2. The fourth-order valence-corrected chi connectivity index (χ4v) is 1.75. The van der Waals surface area contributed by atoms with Gasteiger partial charge in [-0.25, -0.2) is 5.26 Å². The predicted octanol–water partition coefficient (Wildman–Crippen LogP) is -2.40. The summed E-state index contributed by atoms with van der Waals surface area (Å²) in [4.78, 5) is 23.8. The maximum absolute atomic E-state index is 12.0. The molecule has 0 saturated carbocycles. The molecule has 1 aromatic heterocycles. The van der Waals surface area contributed by atoms with Crippen LogP contribution >= 0.6 is 0 Å². The van der Waals surface area contributed by atoms with E-state index in [1.807, 2.05) is 0 Å². The van der Waals surface area contributed by atoms with Gasteiger partial charge in [0.15, 0.2) is 0 Å². The molecule has 21 heavy (non-hydrogen) atoms. The van der Waals surface area contributed by atoms with Gasteiger partial charge in [0.1, 0.15) is 5.75 Å². The Hall–Kier alpha value is -2.34. The predicted molar refractivity (Wildman–Crippen MR) is 72.4 cm³/mol. The molecule has 0 unspecified atom stereocenters. The quantitative estimate of drug-likeness (QED) is 0.461. The topological polar surface area (TPSA) is 77.0 Å². The Kier molecular flexibility index (Phi) is 5.92. The number of ether oxygens (including phenoxy) is 1. The molecule has 2 rings (SSSR count). The molecule has 1 heterocycles. The minimum atomic E-state index is -0.546. The average molecular weight is 277 g/mol. The van der Waals surface area contributed by atoms with Crippen molar-refractivity contribution in [2.24, 2.45) is 0 Å². The number of methoxy groups -OCH3 is 1. The van der Waals surface area contributed by atoms with Crippen LogP contribution in [0.5, 0.6) is 5.75 Å². The van der Waals surface area contributed by atoms with E-state index in [0.29, 0.717) is 5.75 Å². The minimum absolute atomic E-state index is 0. The smallest absolute Gasteiger partial charge is 0.497 e. The molecule has 0 amide bonds. The van der Waals surface area contributed by atoms with E-state index in [0.717, 1.165) is 21.2 Å². The third kappa shape index (κ3) is 3.82. The molecular formula is C14H12LiN3O3. The maximum atomic E-state index is 12.0. The van der Waals surface area contributed by atoms with Crippen LogP contribution in [0, 0.1) is 17.9 Å². The van der Waals surface area contributed by atoms with Gasteiger partial charge in [0.2, 0.25) is 11.2 Å². The number of nitrogens with zero attached hydrogens (tertiary/aromatic N) is 3. The van der Waals surface area contributed by atoms with Crippen molar-refractivity contribution in [3.8, 4) is 11.8 Å². The summed E-state index contributed by atoms with van der Waals surface area (Å²) < 4.78 is 7.18. The molecule has 0 fully saturated rings. The molecule has 1 aromatic carbocycles. The molecular weight excluding hydrogens is 265 g/mol. The van der Waals surface area contributed by atoms with Crippen LogP contribution in [-0.2, 0) is 6.54 Å². The summed E-state index contributed by atoms with van der Waals surface area (Å²) in [6.45, 7) is 1.19. The zero-order valence-electron chi connectivity index (χ0n) is 11.8. The summed E-state index contributed by atoms with van der Waals surface area (Å²) in [6.07, 6.45) is 1.28. The Morgan fingerprint density at radius 1 is 1.24 bits per heavy atom. The third-order valence-electron chi connectivity index (χ3n) is 2.79. The Morgan fingerprint density at radius 2 is 1.90 bits per heavy atom. The monoisotopic (exact) mass is 277 g/mol. The van der Waals surface area contributed by atoms with Gasteiger partial charge in [-0.3, -0.25) is 4.79 Å². The van der Waals surface area contributed by atoms with Gasteiger partial charge in [-0.2, -0.15) is 0 Å². The zero-order valence-corrected chi connectivity index (χ0v) is 11.8. The number of benzene rings is 1. The number of nitriles is 1. The first-order valence-corrected chi connectivity index (χ1v) is 5.83. The largest absolute Gasteiger partial charge is 1.00 e. The van der Waals surface area contributed by atoms with Gasteiger partial charge in [-0.15, -0.1) is 0 Å². The van der Waals surface area contributed by atoms with Gasteiger partial charge >= 0.3 is 18.9 Å². The fourth-order valence-electron chi connectivity index (χ4n) is 1.75. The third-order valence-corrected chi connectivity index (χ3v) is 2.79. The second-order valence-electron chi connectivity index (χ2n) is 4.04. The summed E-state index contributed by atoms with van der Waals surface area (Å²) in [5.41, 5.74) is -0.164. The Morgan fingerprint density at radius 3 is 2.48 bits per heavy atom. The van der Waals surface area contributed by atoms with E-state index in [2.05, 4.69) is 0 Å². The number of hydrogen-bond acceptors (Lipinski definition) is 4. The second kappa shape index (κ2) is 7.44. The van der Waals surface area contributed by atoms with E-state index < -0.39 is 11.2 Å². The molecule has 0 aliphatic rings. The SMILES string of the molecule is COc1ccc(Cn2c(=O)ccn([CH-]C#N)c2=O)cc1.[Li+]. The normalized spacial score (nSPS) is 9.33. The van der Waals surface area contributed by atoms with Crippen molar-refractivity contribution >= 4 is 0 Å². The van der Waals surface area contributed by atoms with Crippen molar-refractivity contribution in [1.82, 2.24) is 9.13 Å². The first-order chi connectivity index (χ1) is 9.65. The Labute approximate surface area is 133 Å². The van der Waals surface area contributed by atoms with E-state index in [1.54, 1.807) is 37.4 Å². The fraction of sp³-hybridized carbons (Fsp3) is 0.143. The molecule has 0 N–H and O–H groups in total. The summed E-state index contributed by atoms with van der Waals surface area (Å²) >= 11 is 0. The van der Waals surface area contributed by atoms with Gasteiger partial charge in [0.25, 0.3) is 0 Å². The van der Waals surface area contributed by atoms with Gasteiger partial charge in [0, 0.05) is 12.6 Å². The van der Waals surface area contributed by atoms with E-state index >= 15 is 0 Å². The van der Waals surface area contributed by atoms with Gasteiger partial charge in [0.05, 0.1) is 7.11 Å². The minimum Gasteiger partial charge on any atom is -0.497 e. The summed E-state index contributed by atoms with van der Waals surface area (Å²) in [5, 5.41) is 8.59. The molecule has 0 bridgehead atoms. The van der Waals surface area contributed by atoms with Crippen molar-refractivity contribution in [1.29, 1.82) is 5.26 Å². The van der Waals surface area contributed by atoms with Crippen LogP contribution in [0.2, 0.25) is 0 Å². The average Bonchev–Trinajstić information content (AvgIpc) is 2.47. The molecule has 6 nitrogen and oxygen atoms in total. The van der Waals surface area contributed by atoms with Crippen molar-refractivity contribution < 1.29 is 23.6 Å². The molecule has 0 atom stereocenters. The van der Waals surface area contributed by atoms with Gasteiger partial charge in [-0.05, 0) is 30.3 Å². The van der Waals surface area contributed by atoms with Crippen LogP contribution in [0.3, 0.4) is 0 Å². The van der Waals surface area contributed by atoms with Crippen molar-refractivity contribution in [2.75, 3.05) is 7.11 Å². The summed E-state index contributed by atoms with van der Waals surface area (Å²) in [5.74, 6) is 0.699. The standard InChI is InChI=1S/C14H12N3O3.Li/c1-20-12-4-2-11(3-5-12)10-17-13(18)6-8-16(9-7-15)14(17)19;/h2-6,8-9H,10H2,1H3;/q-1;+1. The zero-order chi connectivity index (χ0) is 14.5. The molecule has 0 aliphatic heterocycles. The first-order valence-electron chi connectivity index (χ1n) is 5.83. The number of rotatable bonds is 4. The molecule has 7 heteroatoms. The summed E-state index contributed by atoms with van der Waals surface area (Å²) in [7, 11) is 1.56. The van der Waals surface area contributed by atoms with Crippen molar-refractivity contribution in [3.63, 3.8) is 0 Å². The maximum Gasteiger partial charge on any atom is 1.00 e. The van der Waals surface area contributed by atoms with Gasteiger partial charge < -0.3 is 18.7 Å². The number of hydrogen-bond donors (Lipinski definition) is 0. The molecule has 0 aliphatic carbocycles. The Bertz CT molecular complexity index is 757. The molecule has 0 spiro atoms. The van der Waals surface area contributed by atoms with Crippen LogP contribution < -0.4 is 34.8 Å². The van der Waals surface area contributed by atoms with Crippen LogP contribution in [0.1, 0.15) is 5.56 Å². The van der Waals surface area contributed by atoms with E-state index in [-0.39, 0.29) is 25.4 Å². The molecule has 102 valence electrons. The van der Waals surface area contributed by atoms with Crippen LogP contribution in [0.15, 0.2) is 46.1 Å². The molecule has 0 radical (unpaired) electrons. The first kappa shape index (κ1) is 16.7. The van der Waals surface area contributed by atoms with Gasteiger partial charge in [-0.1, -0.05) is 18.3 Å².